The molecule has 0 bridgehead atoms. The summed E-state index contributed by atoms with van der Waals surface area (Å²) < 4.78 is 3.10. The van der Waals surface area contributed by atoms with E-state index in [4.69, 9.17) is 5.84 Å². The fourth-order valence-electron chi connectivity index (χ4n) is 1.77. The topological polar surface area (TPSA) is 50.9 Å². The Hall–Kier alpha value is -0.0200. The van der Waals surface area contributed by atoms with Gasteiger partial charge in [-0.1, -0.05) is 12.1 Å². The third kappa shape index (κ3) is 4.22. The molecule has 1 atom stereocenters. The Morgan fingerprint density at radius 3 is 2.53 bits per heavy atom. The first-order valence-corrected chi connectivity index (χ1v) is 8.28. The van der Waals surface area contributed by atoms with Crippen LogP contribution < -0.4 is 11.3 Å². The first-order valence-electron chi connectivity index (χ1n) is 5.61. The summed E-state index contributed by atoms with van der Waals surface area (Å²) in [6.45, 7) is 0. The Morgan fingerprint density at radius 1 is 1.26 bits per heavy atom. The minimum atomic E-state index is -0.0254. The second-order valence-electron chi connectivity index (χ2n) is 4.07. The van der Waals surface area contributed by atoms with E-state index in [-0.39, 0.29) is 6.04 Å². The van der Waals surface area contributed by atoms with Crippen molar-refractivity contribution in [2.24, 2.45) is 5.84 Å². The molecule has 3 nitrogen and oxygen atoms in total. The quantitative estimate of drug-likeness (QED) is 0.383. The Kier molecular flexibility index (Phi) is 5.76. The van der Waals surface area contributed by atoms with Crippen molar-refractivity contribution in [1.29, 1.82) is 0 Å². The summed E-state index contributed by atoms with van der Waals surface area (Å²) >= 11 is 9.22. The second-order valence-corrected chi connectivity index (χ2v) is 7.09. The van der Waals surface area contributed by atoms with Gasteiger partial charge in [-0.3, -0.25) is 16.3 Å². The predicted octanol–water partition coefficient (Wildman–Crippen LogP) is 3.96. The summed E-state index contributed by atoms with van der Waals surface area (Å²) in [5.74, 6) is 5.67. The second kappa shape index (κ2) is 7.12. The van der Waals surface area contributed by atoms with Crippen LogP contribution in [0.3, 0.4) is 0 Å². The molecule has 1 heterocycles. The summed E-state index contributed by atoms with van der Waals surface area (Å²) in [6, 6.07) is 10.3. The van der Waals surface area contributed by atoms with Gasteiger partial charge in [-0.2, -0.15) is 0 Å². The van der Waals surface area contributed by atoms with Crippen LogP contribution in [0.4, 0.5) is 0 Å². The summed E-state index contributed by atoms with van der Waals surface area (Å²) in [7, 11) is 0. The van der Waals surface area contributed by atoms with E-state index in [0.717, 1.165) is 21.1 Å². The number of benzene rings is 1. The van der Waals surface area contributed by atoms with Crippen molar-refractivity contribution in [2.45, 2.75) is 12.5 Å². The van der Waals surface area contributed by atoms with Crippen molar-refractivity contribution in [3.63, 3.8) is 0 Å². The monoisotopic (exact) mass is 495 g/mol. The molecule has 1 unspecified atom stereocenters. The maximum Gasteiger partial charge on any atom is 0.0732 e. The molecule has 100 valence electrons. The van der Waals surface area contributed by atoms with Crippen LogP contribution in [0, 0.1) is 3.57 Å². The van der Waals surface area contributed by atoms with E-state index < -0.39 is 0 Å². The summed E-state index contributed by atoms with van der Waals surface area (Å²) in [5, 5.41) is 0. The lowest BCUT2D eigenvalue weighted by atomic mass is 10.0. The molecular formula is C13H12Br2IN3. The lowest BCUT2D eigenvalue weighted by Crippen LogP contribution is -2.30. The van der Waals surface area contributed by atoms with Crippen molar-refractivity contribution in [2.75, 3.05) is 0 Å². The largest absolute Gasteiger partial charge is 0.271 e. The smallest absolute Gasteiger partial charge is 0.0732 e. The van der Waals surface area contributed by atoms with Crippen LogP contribution in [-0.2, 0) is 6.42 Å². The van der Waals surface area contributed by atoms with Crippen LogP contribution in [-0.4, -0.2) is 4.98 Å². The Labute approximate surface area is 142 Å². The maximum absolute atomic E-state index is 5.67. The van der Waals surface area contributed by atoms with Crippen LogP contribution in [0.1, 0.15) is 17.3 Å². The van der Waals surface area contributed by atoms with E-state index in [2.05, 4.69) is 89.1 Å². The van der Waals surface area contributed by atoms with Crippen molar-refractivity contribution >= 4 is 54.5 Å². The molecule has 2 aromatic rings. The molecule has 0 amide bonds. The predicted molar refractivity (Wildman–Crippen MR) is 92.6 cm³/mol. The van der Waals surface area contributed by atoms with Gasteiger partial charge in [0.2, 0.25) is 0 Å². The molecule has 2 rings (SSSR count). The molecule has 0 fully saturated rings. The molecule has 1 aromatic heterocycles. The zero-order chi connectivity index (χ0) is 13.8. The van der Waals surface area contributed by atoms with Crippen LogP contribution in [0.25, 0.3) is 0 Å². The highest BCUT2D eigenvalue weighted by molar-refractivity contribution is 14.1. The van der Waals surface area contributed by atoms with Gasteiger partial charge < -0.3 is 0 Å². The fourth-order valence-corrected chi connectivity index (χ4v) is 3.40. The van der Waals surface area contributed by atoms with Crippen LogP contribution in [0.15, 0.2) is 45.5 Å². The highest BCUT2D eigenvalue weighted by Gasteiger charge is 2.15. The molecule has 0 saturated heterocycles. The van der Waals surface area contributed by atoms with Gasteiger partial charge in [0, 0.05) is 18.7 Å². The summed E-state index contributed by atoms with van der Waals surface area (Å²) in [5.41, 5.74) is 4.96. The average Bonchev–Trinajstić information content (AvgIpc) is 2.39. The molecule has 1 aromatic carbocycles. The highest BCUT2D eigenvalue weighted by atomic mass is 127. The molecule has 3 N–H and O–H groups in total. The lowest BCUT2D eigenvalue weighted by molar-refractivity contribution is 0.536. The molecule has 0 aliphatic heterocycles. The van der Waals surface area contributed by atoms with Crippen molar-refractivity contribution in [3.8, 4) is 0 Å². The fraction of sp³-hybridized carbons (Fsp3) is 0.154. The van der Waals surface area contributed by atoms with E-state index >= 15 is 0 Å². The van der Waals surface area contributed by atoms with Crippen molar-refractivity contribution in [1.82, 2.24) is 10.4 Å². The summed E-state index contributed by atoms with van der Waals surface area (Å²) in [4.78, 5) is 4.42. The normalized spacial score (nSPS) is 12.4. The number of hydrogen-bond acceptors (Lipinski definition) is 3. The number of nitrogens with one attached hydrogen (secondary N) is 1. The van der Waals surface area contributed by atoms with E-state index in [9.17, 15) is 0 Å². The SMILES string of the molecule is NNC(Cc1ccc(I)cc1)c1ncc(Br)cc1Br. The van der Waals surface area contributed by atoms with Crippen LogP contribution in [0.5, 0.6) is 0 Å². The first-order chi connectivity index (χ1) is 9.10. The van der Waals surface area contributed by atoms with E-state index in [1.165, 1.54) is 9.13 Å². The Morgan fingerprint density at radius 2 is 1.95 bits per heavy atom. The first kappa shape index (κ1) is 15.4. The van der Waals surface area contributed by atoms with Gasteiger partial charge in [0.15, 0.2) is 0 Å². The average molecular weight is 497 g/mol. The molecule has 0 spiro atoms. The summed E-state index contributed by atoms with van der Waals surface area (Å²) in [6.07, 6.45) is 2.57. The number of nitrogens with two attached hydrogens (primary N) is 1. The van der Waals surface area contributed by atoms with Crippen molar-refractivity contribution in [3.05, 3.63) is 60.3 Å². The van der Waals surface area contributed by atoms with Gasteiger partial charge in [-0.25, -0.2) is 0 Å². The minimum Gasteiger partial charge on any atom is -0.271 e. The van der Waals surface area contributed by atoms with Gasteiger partial charge in [0.1, 0.15) is 0 Å². The third-order valence-corrected chi connectivity index (χ3v) is 4.51. The molecule has 0 saturated carbocycles. The molecule has 6 heteroatoms. The number of hydrazine groups is 1. The Bertz CT molecular complexity index is 560. The lowest BCUT2D eigenvalue weighted by Gasteiger charge is -2.17. The van der Waals surface area contributed by atoms with Gasteiger partial charge in [-0.05, 0) is 84.6 Å². The van der Waals surface area contributed by atoms with E-state index in [1.807, 2.05) is 6.07 Å². The Balaban J connectivity index is 2.22. The number of aromatic nitrogens is 1. The minimum absolute atomic E-state index is 0.0254. The molecule has 0 radical (unpaired) electrons. The third-order valence-electron chi connectivity index (χ3n) is 2.72. The standard InChI is InChI=1S/C13H12Br2IN3/c14-9-6-11(15)13(18-7-9)12(19-17)5-8-1-3-10(16)4-2-8/h1-4,6-7,12,19H,5,17H2. The number of pyridine rings is 1. The zero-order valence-electron chi connectivity index (χ0n) is 9.91. The van der Waals surface area contributed by atoms with Gasteiger partial charge in [-0.15, -0.1) is 0 Å². The number of nitrogens with zero attached hydrogens (tertiary/aromatic N) is 1. The van der Waals surface area contributed by atoms with E-state index in [0.29, 0.717) is 0 Å². The van der Waals surface area contributed by atoms with Crippen LogP contribution >= 0.6 is 54.5 Å². The molecule has 19 heavy (non-hydrogen) atoms. The highest BCUT2D eigenvalue weighted by Crippen LogP contribution is 2.26. The van der Waals surface area contributed by atoms with Crippen molar-refractivity contribution < 1.29 is 0 Å². The molecular weight excluding hydrogens is 485 g/mol. The zero-order valence-corrected chi connectivity index (χ0v) is 15.2. The molecule has 0 aliphatic rings. The van der Waals surface area contributed by atoms with Crippen LogP contribution in [0.2, 0.25) is 0 Å². The van der Waals surface area contributed by atoms with Gasteiger partial charge >= 0.3 is 0 Å². The van der Waals surface area contributed by atoms with E-state index in [1.54, 1.807) is 6.20 Å². The number of halogens is 3. The van der Waals surface area contributed by atoms with Gasteiger partial charge in [0.25, 0.3) is 0 Å². The number of rotatable bonds is 4. The maximum atomic E-state index is 5.67. The number of hydrogen-bond donors (Lipinski definition) is 2. The molecule has 0 aliphatic carbocycles. The van der Waals surface area contributed by atoms with Gasteiger partial charge in [0.05, 0.1) is 11.7 Å².